The molecule has 2 aliphatic rings. The number of pyridine rings is 1. The number of aromatic nitrogens is 2. The summed E-state index contributed by atoms with van der Waals surface area (Å²) in [4.78, 5) is 21.0. The molecule has 30 heavy (non-hydrogen) atoms. The average molecular weight is 415 g/mol. The van der Waals surface area contributed by atoms with Crippen LogP contribution in [0.4, 0.5) is 14.6 Å². The summed E-state index contributed by atoms with van der Waals surface area (Å²) in [5.74, 6) is -2.53. The van der Waals surface area contributed by atoms with Crippen molar-refractivity contribution in [1.82, 2.24) is 15.0 Å². The summed E-state index contributed by atoms with van der Waals surface area (Å²) in [6, 6.07) is 5.83. The maximum atomic E-state index is 14.6. The van der Waals surface area contributed by atoms with E-state index in [4.69, 9.17) is 9.78 Å². The van der Waals surface area contributed by atoms with E-state index in [-0.39, 0.29) is 41.4 Å². The second-order valence-corrected chi connectivity index (χ2v) is 8.01. The Kier molecular flexibility index (Phi) is 5.18. The van der Waals surface area contributed by atoms with Crippen LogP contribution in [0.3, 0.4) is 0 Å². The third kappa shape index (κ3) is 3.62. The number of halogens is 2. The predicted octanol–water partition coefficient (Wildman–Crippen LogP) is 3.31. The Hall–Kier alpha value is -3.02. The number of nitriles is 1. The number of likely N-dealkylation sites (tertiary alicyclic amines) is 1. The Bertz CT molecular complexity index is 949. The van der Waals surface area contributed by atoms with Crippen molar-refractivity contribution < 1.29 is 18.1 Å². The summed E-state index contributed by atoms with van der Waals surface area (Å²) in [5.41, 5.74) is 0.442. The highest BCUT2D eigenvalue weighted by atomic mass is 19.3. The number of nitrogens with zero attached hydrogens (tertiary/aromatic N) is 5. The molecular formula is C21H23F2N5O2. The van der Waals surface area contributed by atoms with E-state index in [9.17, 15) is 13.6 Å². The number of piperazine rings is 1. The molecule has 2 aromatic heterocycles. The number of anilines is 1. The Balaban J connectivity index is 1.40. The van der Waals surface area contributed by atoms with Gasteiger partial charge in [-0.1, -0.05) is 5.16 Å². The topological polar surface area (TPSA) is 86.3 Å². The normalized spacial score (nSPS) is 21.0. The number of rotatable bonds is 5. The molecule has 0 aromatic carbocycles. The molecule has 1 unspecified atom stereocenters. The summed E-state index contributed by atoms with van der Waals surface area (Å²) < 4.78 is 34.1. The molecule has 2 fully saturated rings. The molecule has 2 atom stereocenters. The summed E-state index contributed by atoms with van der Waals surface area (Å²) >= 11 is 0. The van der Waals surface area contributed by atoms with Crippen LogP contribution in [0.25, 0.3) is 0 Å². The summed E-state index contributed by atoms with van der Waals surface area (Å²) in [7, 11) is 0. The fraction of sp³-hybridized carbons (Fsp3) is 0.524. The molecule has 4 rings (SSSR count). The SMILES string of the molecule is Cc1noc(C)c1C(F)(F)CCC(=O)N1CC2CC[C@@H](C1)N2c1ccc(C#N)cn1. The van der Waals surface area contributed by atoms with Gasteiger partial charge in [0, 0.05) is 44.2 Å². The van der Waals surface area contributed by atoms with E-state index in [0.717, 1.165) is 18.7 Å². The molecule has 4 heterocycles. The zero-order chi connectivity index (χ0) is 21.5. The first-order valence-corrected chi connectivity index (χ1v) is 10.0. The van der Waals surface area contributed by atoms with Gasteiger partial charge < -0.3 is 14.3 Å². The van der Waals surface area contributed by atoms with Gasteiger partial charge in [0.15, 0.2) is 0 Å². The number of hydrogen-bond acceptors (Lipinski definition) is 6. The van der Waals surface area contributed by atoms with Gasteiger partial charge in [0.05, 0.1) is 16.8 Å². The number of amides is 1. The molecule has 9 heteroatoms. The zero-order valence-corrected chi connectivity index (χ0v) is 16.9. The maximum Gasteiger partial charge on any atom is 0.278 e. The molecule has 0 radical (unpaired) electrons. The molecule has 2 bridgehead atoms. The second-order valence-electron chi connectivity index (χ2n) is 8.01. The third-order valence-corrected chi connectivity index (χ3v) is 6.03. The number of carbonyl (C=O) groups excluding carboxylic acids is 1. The lowest BCUT2D eigenvalue weighted by molar-refractivity contribution is -0.134. The van der Waals surface area contributed by atoms with Crippen LogP contribution in [0.5, 0.6) is 0 Å². The summed E-state index contributed by atoms with van der Waals surface area (Å²) in [5, 5.41) is 12.5. The van der Waals surface area contributed by atoms with E-state index in [2.05, 4.69) is 21.1 Å². The molecule has 0 aliphatic carbocycles. The predicted molar refractivity (Wildman–Crippen MR) is 104 cm³/mol. The van der Waals surface area contributed by atoms with E-state index in [1.165, 1.54) is 13.8 Å². The molecule has 1 amide bonds. The molecule has 0 saturated carbocycles. The minimum atomic E-state index is -3.16. The number of alkyl halides is 2. The lowest BCUT2D eigenvalue weighted by Gasteiger charge is -2.42. The minimum absolute atomic E-state index is 0.0894. The molecule has 7 nitrogen and oxygen atoms in total. The van der Waals surface area contributed by atoms with Crippen LogP contribution >= 0.6 is 0 Å². The van der Waals surface area contributed by atoms with Crippen LogP contribution in [0.1, 0.15) is 48.3 Å². The van der Waals surface area contributed by atoms with E-state index in [1.54, 1.807) is 17.2 Å². The molecule has 2 aliphatic heterocycles. The lowest BCUT2D eigenvalue weighted by Crippen LogP contribution is -2.55. The minimum Gasteiger partial charge on any atom is -0.361 e. The first-order chi connectivity index (χ1) is 14.3. The molecule has 0 spiro atoms. The fourth-order valence-corrected chi connectivity index (χ4v) is 4.64. The highest BCUT2D eigenvalue weighted by Crippen LogP contribution is 2.38. The van der Waals surface area contributed by atoms with Gasteiger partial charge in [0.25, 0.3) is 5.92 Å². The standard InChI is InChI=1S/C21H23F2N5O2/c1-13-20(14(2)30-26-13)21(22,23)8-7-19(29)27-11-16-4-5-17(12-27)28(16)18-6-3-15(9-24)10-25-18/h3,6,10,16-17H,4-5,7-8,11-12H2,1-2H3/t16-,17?/m0/s1. The van der Waals surface area contributed by atoms with Gasteiger partial charge in [-0.2, -0.15) is 5.26 Å². The van der Waals surface area contributed by atoms with Crippen molar-refractivity contribution >= 4 is 11.7 Å². The van der Waals surface area contributed by atoms with Crippen LogP contribution in [-0.4, -0.2) is 46.1 Å². The molecule has 2 aromatic rings. The molecular weight excluding hydrogens is 392 g/mol. The molecule has 0 N–H and O–H groups in total. The lowest BCUT2D eigenvalue weighted by atomic mass is 10.0. The van der Waals surface area contributed by atoms with Crippen molar-refractivity contribution in [3.8, 4) is 6.07 Å². The van der Waals surface area contributed by atoms with Crippen molar-refractivity contribution in [2.45, 2.75) is 57.5 Å². The first kappa shape index (κ1) is 20.3. The average Bonchev–Trinajstić information content (AvgIpc) is 3.21. The third-order valence-electron chi connectivity index (χ3n) is 6.03. The van der Waals surface area contributed by atoms with E-state index < -0.39 is 12.3 Å². The van der Waals surface area contributed by atoms with Gasteiger partial charge in [0.2, 0.25) is 5.91 Å². The Morgan fingerprint density at radius 2 is 2.00 bits per heavy atom. The number of fused-ring (bicyclic) bond motifs is 2. The van der Waals surface area contributed by atoms with Gasteiger partial charge in [0.1, 0.15) is 17.6 Å². The van der Waals surface area contributed by atoms with Crippen molar-refractivity contribution in [3.05, 3.63) is 40.9 Å². The van der Waals surface area contributed by atoms with Gasteiger partial charge in [-0.25, -0.2) is 13.8 Å². The van der Waals surface area contributed by atoms with E-state index >= 15 is 0 Å². The summed E-state index contributed by atoms with van der Waals surface area (Å²) in [6.45, 7) is 3.93. The van der Waals surface area contributed by atoms with Crippen molar-refractivity contribution in [2.24, 2.45) is 0 Å². The number of carbonyl (C=O) groups is 1. The van der Waals surface area contributed by atoms with Crippen LogP contribution in [0.2, 0.25) is 0 Å². The first-order valence-electron chi connectivity index (χ1n) is 10.0. The second kappa shape index (κ2) is 7.67. The summed E-state index contributed by atoms with van der Waals surface area (Å²) in [6.07, 6.45) is 2.59. The van der Waals surface area contributed by atoms with Gasteiger partial charge in [-0.15, -0.1) is 0 Å². The maximum absolute atomic E-state index is 14.6. The highest BCUT2D eigenvalue weighted by molar-refractivity contribution is 5.77. The quantitative estimate of drug-likeness (QED) is 0.745. The zero-order valence-electron chi connectivity index (χ0n) is 16.9. The highest BCUT2D eigenvalue weighted by Gasteiger charge is 2.43. The van der Waals surface area contributed by atoms with Crippen LogP contribution in [0.15, 0.2) is 22.9 Å². The Labute approximate surface area is 173 Å². The largest absolute Gasteiger partial charge is 0.361 e. The van der Waals surface area contributed by atoms with Gasteiger partial charge in [-0.05, 0) is 38.8 Å². The van der Waals surface area contributed by atoms with E-state index in [1.807, 2.05) is 6.07 Å². The van der Waals surface area contributed by atoms with E-state index in [0.29, 0.717) is 18.7 Å². The monoisotopic (exact) mass is 415 g/mol. The van der Waals surface area contributed by atoms with Crippen LogP contribution in [0, 0.1) is 25.2 Å². The number of aryl methyl sites for hydroxylation is 2. The fourth-order valence-electron chi connectivity index (χ4n) is 4.64. The molecule has 2 saturated heterocycles. The van der Waals surface area contributed by atoms with Crippen LogP contribution in [-0.2, 0) is 10.7 Å². The van der Waals surface area contributed by atoms with Gasteiger partial charge >= 0.3 is 0 Å². The smallest absolute Gasteiger partial charge is 0.278 e. The van der Waals surface area contributed by atoms with Crippen molar-refractivity contribution in [1.29, 1.82) is 5.26 Å². The van der Waals surface area contributed by atoms with Crippen molar-refractivity contribution in [2.75, 3.05) is 18.0 Å². The van der Waals surface area contributed by atoms with Crippen LogP contribution < -0.4 is 4.90 Å². The number of hydrogen-bond donors (Lipinski definition) is 0. The molecule has 158 valence electrons. The Morgan fingerprint density at radius 3 is 2.53 bits per heavy atom. The van der Waals surface area contributed by atoms with Gasteiger partial charge in [-0.3, -0.25) is 4.79 Å². The Morgan fingerprint density at radius 1 is 1.30 bits per heavy atom. The van der Waals surface area contributed by atoms with Crippen molar-refractivity contribution in [3.63, 3.8) is 0 Å².